The van der Waals surface area contributed by atoms with Crippen molar-refractivity contribution in [2.75, 3.05) is 19.6 Å². The van der Waals surface area contributed by atoms with Gasteiger partial charge in [0.05, 0.1) is 6.61 Å². The Morgan fingerprint density at radius 2 is 2.18 bits per heavy atom. The molecule has 3 heteroatoms. The van der Waals surface area contributed by atoms with Crippen LogP contribution in [0.25, 0.3) is 0 Å². The summed E-state index contributed by atoms with van der Waals surface area (Å²) in [4.78, 5) is 2.63. The summed E-state index contributed by atoms with van der Waals surface area (Å²) in [5, 5.41) is 13.0. The highest BCUT2D eigenvalue weighted by molar-refractivity contribution is 5.25. The van der Waals surface area contributed by atoms with E-state index < -0.39 is 0 Å². The molecular formula is C19H32N2O. The Labute approximate surface area is 135 Å². The molecule has 1 fully saturated rings. The minimum Gasteiger partial charge on any atom is -0.392 e. The predicted octanol–water partition coefficient (Wildman–Crippen LogP) is 3.34. The average molecular weight is 304 g/mol. The van der Waals surface area contributed by atoms with Crippen LogP contribution in [0.15, 0.2) is 24.3 Å². The molecule has 0 aliphatic carbocycles. The Morgan fingerprint density at radius 3 is 2.86 bits per heavy atom. The molecule has 1 saturated heterocycles. The maximum Gasteiger partial charge on any atom is 0.0681 e. The van der Waals surface area contributed by atoms with Crippen molar-refractivity contribution in [2.45, 2.75) is 58.7 Å². The van der Waals surface area contributed by atoms with Gasteiger partial charge in [-0.1, -0.05) is 31.2 Å². The van der Waals surface area contributed by atoms with Gasteiger partial charge in [-0.3, -0.25) is 4.90 Å². The molecule has 2 N–H and O–H groups in total. The highest BCUT2D eigenvalue weighted by atomic mass is 16.3. The van der Waals surface area contributed by atoms with Gasteiger partial charge in [0.1, 0.15) is 0 Å². The first-order chi connectivity index (χ1) is 10.4. The van der Waals surface area contributed by atoms with E-state index >= 15 is 0 Å². The van der Waals surface area contributed by atoms with Crippen LogP contribution in [0.5, 0.6) is 0 Å². The summed E-state index contributed by atoms with van der Waals surface area (Å²) in [6.45, 7) is 12.8. The van der Waals surface area contributed by atoms with E-state index in [4.69, 9.17) is 0 Å². The van der Waals surface area contributed by atoms with E-state index in [1.165, 1.54) is 31.5 Å². The van der Waals surface area contributed by atoms with Crippen LogP contribution in [0.4, 0.5) is 0 Å². The van der Waals surface area contributed by atoms with E-state index in [2.05, 4.69) is 50.0 Å². The van der Waals surface area contributed by atoms with Crippen molar-refractivity contribution in [3.05, 3.63) is 35.4 Å². The van der Waals surface area contributed by atoms with E-state index in [1.54, 1.807) is 0 Å². The largest absolute Gasteiger partial charge is 0.392 e. The summed E-state index contributed by atoms with van der Waals surface area (Å²) in [5.41, 5.74) is 2.40. The zero-order valence-electron chi connectivity index (χ0n) is 14.6. The van der Waals surface area contributed by atoms with E-state index in [1.807, 2.05) is 12.1 Å². The number of rotatable bonds is 6. The molecule has 0 saturated carbocycles. The summed E-state index contributed by atoms with van der Waals surface area (Å²) < 4.78 is 0. The predicted molar refractivity (Wildman–Crippen MR) is 92.8 cm³/mol. The van der Waals surface area contributed by atoms with E-state index in [-0.39, 0.29) is 12.1 Å². The monoisotopic (exact) mass is 304 g/mol. The van der Waals surface area contributed by atoms with Gasteiger partial charge in [0, 0.05) is 24.7 Å². The SMILES string of the molecule is CC1CCCN(C(C)(C)CNC(C)c2cccc(CO)c2)C1. The van der Waals surface area contributed by atoms with Gasteiger partial charge >= 0.3 is 0 Å². The van der Waals surface area contributed by atoms with E-state index in [0.717, 1.165) is 18.0 Å². The lowest BCUT2D eigenvalue weighted by Crippen LogP contribution is -2.54. The third-order valence-electron chi connectivity index (χ3n) is 4.99. The third kappa shape index (κ3) is 4.55. The number of benzene rings is 1. The Kier molecular flexibility index (Phi) is 6.01. The van der Waals surface area contributed by atoms with Crippen LogP contribution in [-0.2, 0) is 6.61 Å². The number of aliphatic hydroxyl groups excluding tert-OH is 1. The Balaban J connectivity index is 1.92. The molecule has 0 amide bonds. The second-order valence-electron chi connectivity index (χ2n) is 7.51. The van der Waals surface area contributed by atoms with Crippen molar-refractivity contribution in [2.24, 2.45) is 5.92 Å². The number of likely N-dealkylation sites (tertiary alicyclic amines) is 1. The number of piperidine rings is 1. The smallest absolute Gasteiger partial charge is 0.0681 e. The van der Waals surface area contributed by atoms with Gasteiger partial charge < -0.3 is 10.4 Å². The molecule has 2 rings (SSSR count). The average Bonchev–Trinajstić information content (AvgIpc) is 2.52. The molecule has 0 bridgehead atoms. The van der Waals surface area contributed by atoms with Crippen molar-refractivity contribution in [1.82, 2.24) is 10.2 Å². The van der Waals surface area contributed by atoms with Crippen molar-refractivity contribution < 1.29 is 5.11 Å². The molecule has 0 aromatic heterocycles. The van der Waals surface area contributed by atoms with Crippen molar-refractivity contribution in [1.29, 1.82) is 0 Å². The fourth-order valence-electron chi connectivity index (χ4n) is 3.33. The number of hydrogen-bond acceptors (Lipinski definition) is 3. The standard InChI is InChI=1S/C19H32N2O/c1-15-7-6-10-21(12-15)19(3,4)14-20-16(2)18-9-5-8-17(11-18)13-22/h5,8-9,11,15-16,20,22H,6-7,10,12-14H2,1-4H3. The lowest BCUT2D eigenvalue weighted by atomic mass is 9.93. The van der Waals surface area contributed by atoms with Gasteiger partial charge in [0.2, 0.25) is 0 Å². The quantitative estimate of drug-likeness (QED) is 0.846. The van der Waals surface area contributed by atoms with Gasteiger partial charge in [-0.25, -0.2) is 0 Å². The van der Waals surface area contributed by atoms with Crippen molar-refractivity contribution in [3.8, 4) is 0 Å². The first-order valence-corrected chi connectivity index (χ1v) is 8.60. The van der Waals surface area contributed by atoms with E-state index in [9.17, 15) is 5.11 Å². The summed E-state index contributed by atoms with van der Waals surface area (Å²) in [7, 11) is 0. The van der Waals surface area contributed by atoms with Crippen LogP contribution in [0, 0.1) is 5.92 Å². The number of hydrogen-bond donors (Lipinski definition) is 2. The molecule has 1 aromatic rings. The maximum absolute atomic E-state index is 9.27. The summed E-state index contributed by atoms with van der Waals surface area (Å²) in [6, 6.07) is 8.51. The minimum atomic E-state index is 0.109. The van der Waals surface area contributed by atoms with Gasteiger partial charge in [-0.15, -0.1) is 0 Å². The van der Waals surface area contributed by atoms with Gasteiger partial charge in [0.25, 0.3) is 0 Å². The number of nitrogens with one attached hydrogen (secondary N) is 1. The Bertz CT molecular complexity index is 472. The molecular weight excluding hydrogens is 272 g/mol. The number of nitrogens with zero attached hydrogens (tertiary/aromatic N) is 1. The Morgan fingerprint density at radius 1 is 1.41 bits per heavy atom. The Hall–Kier alpha value is -0.900. The van der Waals surface area contributed by atoms with Crippen molar-refractivity contribution >= 4 is 0 Å². The normalized spacial score (nSPS) is 21.8. The number of aliphatic hydroxyl groups is 1. The summed E-state index contributed by atoms with van der Waals surface area (Å²) in [6.07, 6.45) is 2.68. The van der Waals surface area contributed by atoms with Crippen LogP contribution in [0.1, 0.15) is 57.7 Å². The summed E-state index contributed by atoms with van der Waals surface area (Å²) in [5.74, 6) is 0.812. The zero-order valence-corrected chi connectivity index (χ0v) is 14.6. The van der Waals surface area contributed by atoms with Crippen molar-refractivity contribution in [3.63, 3.8) is 0 Å². The topological polar surface area (TPSA) is 35.5 Å². The first-order valence-electron chi connectivity index (χ1n) is 8.60. The van der Waals surface area contributed by atoms with Crippen LogP contribution in [-0.4, -0.2) is 35.2 Å². The molecule has 124 valence electrons. The molecule has 3 nitrogen and oxygen atoms in total. The third-order valence-corrected chi connectivity index (χ3v) is 4.99. The van der Waals surface area contributed by atoms with E-state index in [0.29, 0.717) is 6.04 Å². The molecule has 2 atom stereocenters. The molecule has 0 radical (unpaired) electrons. The summed E-state index contributed by atoms with van der Waals surface area (Å²) >= 11 is 0. The van der Waals surface area contributed by atoms with Gasteiger partial charge in [-0.2, -0.15) is 0 Å². The molecule has 1 aliphatic rings. The highest BCUT2D eigenvalue weighted by Crippen LogP contribution is 2.24. The molecule has 1 aliphatic heterocycles. The molecule has 0 spiro atoms. The minimum absolute atomic E-state index is 0.109. The lowest BCUT2D eigenvalue weighted by molar-refractivity contribution is 0.0691. The van der Waals surface area contributed by atoms with Gasteiger partial charge in [-0.05, 0) is 57.2 Å². The van der Waals surface area contributed by atoms with Crippen LogP contribution in [0.2, 0.25) is 0 Å². The second-order valence-corrected chi connectivity index (χ2v) is 7.51. The lowest BCUT2D eigenvalue weighted by Gasteiger charge is -2.43. The zero-order chi connectivity index (χ0) is 16.2. The maximum atomic E-state index is 9.27. The first kappa shape index (κ1) is 17.5. The van der Waals surface area contributed by atoms with Crippen LogP contribution in [0.3, 0.4) is 0 Å². The fraction of sp³-hybridized carbons (Fsp3) is 0.684. The molecule has 1 aromatic carbocycles. The van der Waals surface area contributed by atoms with Crippen LogP contribution < -0.4 is 5.32 Å². The van der Waals surface area contributed by atoms with Gasteiger partial charge in [0.15, 0.2) is 0 Å². The molecule has 1 heterocycles. The molecule has 22 heavy (non-hydrogen) atoms. The fourth-order valence-corrected chi connectivity index (χ4v) is 3.33. The second kappa shape index (κ2) is 7.58. The molecule has 2 unspecified atom stereocenters. The van der Waals surface area contributed by atoms with Crippen LogP contribution >= 0.6 is 0 Å². The highest BCUT2D eigenvalue weighted by Gasteiger charge is 2.30.